The van der Waals surface area contributed by atoms with Crippen LogP contribution in [-0.4, -0.2) is 33.4 Å². The first-order valence-corrected chi connectivity index (χ1v) is 10.3. The zero-order chi connectivity index (χ0) is 20.5. The first kappa shape index (κ1) is 19.3. The van der Waals surface area contributed by atoms with Gasteiger partial charge in [0.25, 0.3) is 0 Å². The lowest BCUT2D eigenvalue weighted by Gasteiger charge is -2.11. The predicted octanol–water partition coefficient (Wildman–Crippen LogP) is 4.55. The molecule has 1 N–H and O–H groups in total. The van der Waals surface area contributed by atoms with Crippen LogP contribution in [0.5, 0.6) is 5.75 Å². The van der Waals surface area contributed by atoms with Gasteiger partial charge in [0.2, 0.25) is 5.91 Å². The van der Waals surface area contributed by atoms with Crippen molar-refractivity contribution in [2.75, 3.05) is 18.2 Å². The molecule has 148 valence electrons. The Balaban J connectivity index is 1.63. The van der Waals surface area contributed by atoms with E-state index < -0.39 is 0 Å². The summed E-state index contributed by atoms with van der Waals surface area (Å²) in [4.78, 5) is 12.5. The number of nitrogens with zero attached hydrogens (tertiary/aromatic N) is 3. The number of nitrogens with one attached hydrogen (secondary N) is 1. The van der Waals surface area contributed by atoms with Gasteiger partial charge in [-0.05, 0) is 61.0 Å². The molecular formula is C22H22N4O2S. The second-order valence-electron chi connectivity index (χ2n) is 6.98. The number of carbonyl (C=O) groups is 1. The molecule has 1 amide bonds. The maximum Gasteiger partial charge on any atom is 0.234 e. The molecule has 0 unspecified atom stereocenters. The smallest absolute Gasteiger partial charge is 0.234 e. The molecule has 2 aromatic heterocycles. The second-order valence-corrected chi connectivity index (χ2v) is 7.93. The summed E-state index contributed by atoms with van der Waals surface area (Å²) in [6.07, 6.45) is 0. The van der Waals surface area contributed by atoms with E-state index in [2.05, 4.69) is 52.0 Å². The van der Waals surface area contributed by atoms with E-state index in [4.69, 9.17) is 4.74 Å². The minimum Gasteiger partial charge on any atom is -0.497 e. The van der Waals surface area contributed by atoms with E-state index >= 15 is 0 Å². The minimum absolute atomic E-state index is 0.107. The number of rotatable bonds is 5. The van der Waals surface area contributed by atoms with E-state index in [0.29, 0.717) is 16.6 Å². The molecule has 0 atom stereocenters. The van der Waals surface area contributed by atoms with Crippen molar-refractivity contribution in [3.8, 4) is 5.75 Å². The highest BCUT2D eigenvalue weighted by molar-refractivity contribution is 7.99. The number of thioether (sulfide) groups is 1. The van der Waals surface area contributed by atoms with Crippen molar-refractivity contribution in [1.29, 1.82) is 0 Å². The van der Waals surface area contributed by atoms with Gasteiger partial charge in [-0.25, -0.2) is 0 Å². The van der Waals surface area contributed by atoms with Gasteiger partial charge in [0, 0.05) is 11.8 Å². The Hall–Kier alpha value is -3.06. The van der Waals surface area contributed by atoms with E-state index in [0.717, 1.165) is 22.1 Å². The van der Waals surface area contributed by atoms with Crippen molar-refractivity contribution in [1.82, 2.24) is 14.6 Å². The van der Waals surface area contributed by atoms with Gasteiger partial charge in [-0.3, -0.25) is 9.20 Å². The fourth-order valence-electron chi connectivity index (χ4n) is 3.38. The SMILES string of the molecule is COc1cccc(NC(=O)CSc2nnc3c(C)cc4ccc(C)c(C)c4n23)c1. The largest absolute Gasteiger partial charge is 0.497 e. The third kappa shape index (κ3) is 3.65. The molecule has 6 nitrogen and oxygen atoms in total. The summed E-state index contributed by atoms with van der Waals surface area (Å²) in [5.74, 6) is 0.828. The minimum atomic E-state index is -0.107. The molecule has 0 fully saturated rings. The number of aromatic nitrogens is 3. The van der Waals surface area contributed by atoms with Crippen molar-refractivity contribution in [2.45, 2.75) is 25.9 Å². The molecule has 0 aliphatic rings. The second kappa shape index (κ2) is 7.75. The Kier molecular flexibility index (Phi) is 5.15. The van der Waals surface area contributed by atoms with Gasteiger partial charge in [-0.2, -0.15) is 0 Å². The maximum atomic E-state index is 12.5. The summed E-state index contributed by atoms with van der Waals surface area (Å²) >= 11 is 1.38. The van der Waals surface area contributed by atoms with Gasteiger partial charge in [0.15, 0.2) is 10.8 Å². The molecule has 7 heteroatoms. The highest BCUT2D eigenvalue weighted by Crippen LogP contribution is 2.29. The van der Waals surface area contributed by atoms with Gasteiger partial charge < -0.3 is 10.1 Å². The Morgan fingerprint density at radius 1 is 1.10 bits per heavy atom. The van der Waals surface area contributed by atoms with Crippen LogP contribution in [0.1, 0.15) is 16.7 Å². The Labute approximate surface area is 173 Å². The topological polar surface area (TPSA) is 68.5 Å². The van der Waals surface area contributed by atoms with Crippen LogP contribution in [0.25, 0.3) is 16.6 Å². The average Bonchev–Trinajstić information content (AvgIpc) is 3.14. The number of carbonyl (C=O) groups excluding carboxylic acids is 1. The molecule has 4 aromatic rings. The first-order chi connectivity index (χ1) is 14.0. The molecule has 0 aliphatic heterocycles. The molecule has 4 rings (SSSR count). The van der Waals surface area contributed by atoms with Crippen LogP contribution in [0.2, 0.25) is 0 Å². The van der Waals surface area contributed by atoms with Crippen LogP contribution in [0, 0.1) is 20.8 Å². The van der Waals surface area contributed by atoms with Gasteiger partial charge in [0.05, 0.1) is 18.4 Å². The van der Waals surface area contributed by atoms with Crippen LogP contribution >= 0.6 is 11.8 Å². The number of methoxy groups -OCH3 is 1. The van der Waals surface area contributed by atoms with E-state index in [1.165, 1.54) is 22.9 Å². The van der Waals surface area contributed by atoms with Gasteiger partial charge in [-0.15, -0.1) is 10.2 Å². The molecule has 0 saturated heterocycles. The standard InChI is InChI=1S/C22H22N4O2S/c1-13-8-9-16-10-14(2)21-24-25-22(26(21)20(16)15(13)3)29-12-19(27)23-17-6-5-7-18(11-17)28-4/h5-11H,12H2,1-4H3,(H,23,27). The summed E-state index contributed by atoms with van der Waals surface area (Å²) in [5.41, 5.74) is 6.07. The molecule has 2 heterocycles. The molecule has 0 saturated carbocycles. The summed E-state index contributed by atoms with van der Waals surface area (Å²) in [6.45, 7) is 6.23. The number of hydrogen-bond donors (Lipinski definition) is 1. The summed E-state index contributed by atoms with van der Waals surface area (Å²) < 4.78 is 7.26. The third-order valence-electron chi connectivity index (χ3n) is 5.00. The summed E-state index contributed by atoms with van der Waals surface area (Å²) in [6, 6.07) is 13.7. The van der Waals surface area contributed by atoms with Crippen LogP contribution in [-0.2, 0) is 4.79 Å². The molecule has 29 heavy (non-hydrogen) atoms. The molecule has 0 aliphatic carbocycles. The third-order valence-corrected chi connectivity index (χ3v) is 5.93. The van der Waals surface area contributed by atoms with E-state index in [1.807, 2.05) is 25.1 Å². The Morgan fingerprint density at radius 2 is 1.93 bits per heavy atom. The number of pyridine rings is 1. The summed E-state index contributed by atoms with van der Waals surface area (Å²) in [7, 11) is 1.60. The van der Waals surface area contributed by atoms with Crippen molar-refractivity contribution in [3.05, 3.63) is 59.2 Å². The van der Waals surface area contributed by atoms with Crippen molar-refractivity contribution in [3.63, 3.8) is 0 Å². The van der Waals surface area contributed by atoms with Gasteiger partial charge >= 0.3 is 0 Å². The molecule has 0 radical (unpaired) electrons. The Morgan fingerprint density at radius 3 is 2.72 bits per heavy atom. The van der Waals surface area contributed by atoms with Gasteiger partial charge in [0.1, 0.15) is 5.75 Å². The van der Waals surface area contributed by atoms with E-state index in [1.54, 1.807) is 13.2 Å². The number of hydrogen-bond acceptors (Lipinski definition) is 5. The average molecular weight is 407 g/mol. The quantitative estimate of drug-likeness (QED) is 0.493. The van der Waals surface area contributed by atoms with Crippen molar-refractivity contribution >= 4 is 39.9 Å². The number of anilines is 1. The number of ether oxygens (including phenoxy) is 1. The maximum absolute atomic E-state index is 12.5. The fraction of sp³-hybridized carbons (Fsp3) is 0.227. The molecule has 0 bridgehead atoms. The summed E-state index contributed by atoms with van der Waals surface area (Å²) in [5, 5.41) is 13.5. The van der Waals surface area contributed by atoms with Crippen LogP contribution in [0.15, 0.2) is 47.6 Å². The zero-order valence-electron chi connectivity index (χ0n) is 16.8. The normalized spacial score (nSPS) is 11.2. The van der Waals surface area contributed by atoms with E-state index in [-0.39, 0.29) is 11.7 Å². The van der Waals surface area contributed by atoms with Crippen LogP contribution in [0.3, 0.4) is 0 Å². The predicted molar refractivity (Wildman–Crippen MR) is 117 cm³/mol. The molecular weight excluding hydrogens is 384 g/mol. The number of aryl methyl sites for hydroxylation is 3. The monoisotopic (exact) mass is 406 g/mol. The molecule has 0 spiro atoms. The highest BCUT2D eigenvalue weighted by atomic mass is 32.2. The van der Waals surface area contributed by atoms with Crippen molar-refractivity contribution in [2.24, 2.45) is 0 Å². The highest BCUT2D eigenvalue weighted by Gasteiger charge is 2.16. The molecule has 2 aromatic carbocycles. The Bertz CT molecular complexity index is 1230. The lowest BCUT2D eigenvalue weighted by Crippen LogP contribution is -2.14. The van der Waals surface area contributed by atoms with Gasteiger partial charge in [-0.1, -0.05) is 30.0 Å². The zero-order valence-corrected chi connectivity index (χ0v) is 17.6. The lowest BCUT2D eigenvalue weighted by atomic mass is 10.0. The van der Waals surface area contributed by atoms with E-state index in [9.17, 15) is 4.79 Å². The fourth-order valence-corrected chi connectivity index (χ4v) is 4.12. The first-order valence-electron chi connectivity index (χ1n) is 9.29. The van der Waals surface area contributed by atoms with Crippen LogP contribution in [0.4, 0.5) is 5.69 Å². The number of amides is 1. The van der Waals surface area contributed by atoms with Crippen LogP contribution < -0.4 is 10.1 Å². The number of fused-ring (bicyclic) bond motifs is 3. The lowest BCUT2D eigenvalue weighted by molar-refractivity contribution is -0.113. The van der Waals surface area contributed by atoms with Crippen molar-refractivity contribution < 1.29 is 9.53 Å². The number of benzene rings is 2.